The summed E-state index contributed by atoms with van der Waals surface area (Å²) in [5.74, 6) is -6.42. The number of ether oxygens (including phenoxy) is 1. The van der Waals surface area contributed by atoms with Gasteiger partial charge in [-0.1, -0.05) is 48.5 Å². The quantitative estimate of drug-likeness (QED) is 0.473. The lowest BCUT2D eigenvalue weighted by atomic mass is 9.98. The minimum atomic E-state index is -5.07. The van der Waals surface area contributed by atoms with Crippen molar-refractivity contribution < 1.29 is 42.5 Å². The van der Waals surface area contributed by atoms with Crippen LogP contribution in [0.4, 0.5) is 18.0 Å². The number of carbonyl (C=O) groups excluding carboxylic acids is 2. The minimum Gasteiger partial charge on any atom is -0.480 e. The number of halogens is 3. The number of fused-ring (bicyclic) bond motifs is 3. The third-order valence-electron chi connectivity index (χ3n) is 5.30. The van der Waals surface area contributed by atoms with Crippen molar-refractivity contribution in [3.63, 3.8) is 0 Å². The first-order valence-corrected chi connectivity index (χ1v) is 9.93. The molecule has 0 spiro atoms. The molecule has 176 valence electrons. The van der Waals surface area contributed by atoms with Crippen molar-refractivity contribution >= 4 is 18.0 Å². The van der Waals surface area contributed by atoms with Gasteiger partial charge in [-0.2, -0.15) is 13.2 Å². The van der Waals surface area contributed by atoms with Gasteiger partial charge in [-0.25, -0.2) is 9.59 Å². The number of aliphatic hydroxyl groups is 1. The van der Waals surface area contributed by atoms with E-state index in [9.17, 15) is 27.6 Å². The number of aliphatic carboxylic acids is 1. The molecule has 2 atom stereocenters. The first-order valence-electron chi connectivity index (χ1n) is 9.93. The third kappa shape index (κ3) is 5.43. The van der Waals surface area contributed by atoms with Crippen LogP contribution in [0.15, 0.2) is 48.5 Å². The van der Waals surface area contributed by atoms with E-state index in [4.69, 9.17) is 14.9 Å². The van der Waals surface area contributed by atoms with Gasteiger partial charge in [-0.05, 0) is 22.3 Å². The monoisotopic (exact) mass is 466 g/mol. The first-order chi connectivity index (χ1) is 15.6. The molecule has 1 aliphatic carbocycles. The summed E-state index contributed by atoms with van der Waals surface area (Å²) >= 11 is 0. The van der Waals surface area contributed by atoms with Gasteiger partial charge in [0, 0.05) is 12.5 Å². The van der Waals surface area contributed by atoms with Gasteiger partial charge in [0.2, 0.25) is 5.91 Å². The Kier molecular flexibility index (Phi) is 7.22. The number of benzene rings is 2. The second-order valence-electron chi connectivity index (χ2n) is 7.38. The fraction of sp³-hybridized carbons (Fsp3) is 0.318. The maximum absolute atomic E-state index is 13.3. The molecule has 0 saturated heterocycles. The van der Waals surface area contributed by atoms with E-state index in [1.165, 1.54) is 0 Å². The second kappa shape index (κ2) is 9.90. The van der Waals surface area contributed by atoms with E-state index in [1.807, 2.05) is 53.8 Å². The summed E-state index contributed by atoms with van der Waals surface area (Å²) in [7, 11) is 0. The molecule has 0 fully saturated rings. The fourth-order valence-electron chi connectivity index (χ4n) is 3.65. The molecule has 2 aromatic carbocycles. The zero-order valence-electron chi connectivity index (χ0n) is 17.1. The second-order valence-corrected chi connectivity index (χ2v) is 7.38. The molecule has 2 unspecified atom stereocenters. The van der Waals surface area contributed by atoms with Gasteiger partial charge in [0.15, 0.2) is 5.92 Å². The van der Waals surface area contributed by atoms with Gasteiger partial charge in [0.05, 0.1) is 6.61 Å². The van der Waals surface area contributed by atoms with E-state index in [1.54, 1.807) is 5.32 Å². The highest BCUT2D eigenvalue weighted by Crippen LogP contribution is 2.44. The van der Waals surface area contributed by atoms with Gasteiger partial charge >= 0.3 is 18.2 Å². The van der Waals surface area contributed by atoms with Crippen LogP contribution in [0.1, 0.15) is 17.0 Å². The van der Waals surface area contributed by atoms with Crippen LogP contribution in [0, 0.1) is 5.92 Å². The topological polar surface area (TPSA) is 125 Å². The summed E-state index contributed by atoms with van der Waals surface area (Å²) in [6.07, 6.45) is -6.23. The number of hydrogen-bond acceptors (Lipinski definition) is 5. The number of carboxylic acids is 1. The van der Waals surface area contributed by atoms with Crippen molar-refractivity contribution in [2.24, 2.45) is 5.92 Å². The molecule has 2 amide bonds. The van der Waals surface area contributed by atoms with Crippen molar-refractivity contribution in [2.45, 2.75) is 18.1 Å². The molecule has 4 N–H and O–H groups in total. The molecule has 0 saturated carbocycles. The van der Waals surface area contributed by atoms with E-state index in [2.05, 4.69) is 0 Å². The fourth-order valence-corrected chi connectivity index (χ4v) is 3.65. The average Bonchev–Trinajstić information content (AvgIpc) is 3.08. The lowest BCUT2D eigenvalue weighted by Crippen LogP contribution is -2.52. The van der Waals surface area contributed by atoms with Crippen LogP contribution < -0.4 is 10.6 Å². The predicted octanol–water partition coefficient (Wildman–Crippen LogP) is 2.27. The van der Waals surface area contributed by atoms with Gasteiger partial charge < -0.3 is 25.6 Å². The molecular weight excluding hydrogens is 445 g/mol. The first kappa shape index (κ1) is 24.1. The predicted molar refractivity (Wildman–Crippen MR) is 109 cm³/mol. The SMILES string of the molecule is O=C(NCC(C(=O)NC(CO)C(=O)O)C(F)(F)F)OCC1c2ccccc2-c2ccccc21. The summed E-state index contributed by atoms with van der Waals surface area (Å²) in [4.78, 5) is 34.9. The van der Waals surface area contributed by atoms with Crippen LogP contribution in [-0.4, -0.2) is 60.2 Å². The molecule has 3 rings (SSSR count). The Bertz CT molecular complexity index is 997. The summed E-state index contributed by atoms with van der Waals surface area (Å²) in [5, 5.41) is 21.2. The van der Waals surface area contributed by atoms with E-state index in [0.29, 0.717) is 0 Å². The lowest BCUT2D eigenvalue weighted by Gasteiger charge is -2.22. The number of alkyl carbamates (subject to hydrolysis) is 1. The number of aliphatic hydroxyl groups excluding tert-OH is 1. The average molecular weight is 466 g/mol. The van der Waals surface area contributed by atoms with Crippen LogP contribution in [0.2, 0.25) is 0 Å². The Morgan fingerprint density at radius 1 is 1.00 bits per heavy atom. The molecule has 0 aromatic heterocycles. The Morgan fingerprint density at radius 2 is 1.55 bits per heavy atom. The Morgan fingerprint density at radius 3 is 2.03 bits per heavy atom. The van der Waals surface area contributed by atoms with Gasteiger partial charge in [-0.15, -0.1) is 0 Å². The summed E-state index contributed by atoms with van der Waals surface area (Å²) in [6, 6.07) is 13.1. The van der Waals surface area contributed by atoms with Crippen LogP contribution in [0.5, 0.6) is 0 Å². The number of carboxylic acid groups (broad SMARTS) is 1. The molecular formula is C22H21F3N2O6. The molecule has 1 aliphatic rings. The van der Waals surface area contributed by atoms with Gasteiger partial charge in [-0.3, -0.25) is 4.79 Å². The summed E-state index contributed by atoms with van der Waals surface area (Å²) in [5.41, 5.74) is 3.80. The third-order valence-corrected chi connectivity index (χ3v) is 5.30. The van der Waals surface area contributed by atoms with Crippen molar-refractivity contribution in [3.8, 4) is 11.1 Å². The highest BCUT2D eigenvalue weighted by molar-refractivity contribution is 5.86. The lowest BCUT2D eigenvalue weighted by molar-refractivity contribution is -0.182. The molecule has 0 aliphatic heterocycles. The van der Waals surface area contributed by atoms with E-state index in [0.717, 1.165) is 22.3 Å². The maximum Gasteiger partial charge on any atom is 0.407 e. The Balaban J connectivity index is 1.62. The van der Waals surface area contributed by atoms with Crippen LogP contribution >= 0.6 is 0 Å². The van der Waals surface area contributed by atoms with E-state index >= 15 is 0 Å². The zero-order chi connectivity index (χ0) is 24.2. The minimum absolute atomic E-state index is 0.131. The summed E-state index contributed by atoms with van der Waals surface area (Å²) < 4.78 is 45.0. The van der Waals surface area contributed by atoms with Crippen molar-refractivity contribution in [3.05, 3.63) is 59.7 Å². The number of nitrogens with one attached hydrogen (secondary N) is 2. The molecule has 0 bridgehead atoms. The highest BCUT2D eigenvalue weighted by Gasteiger charge is 2.46. The molecule has 0 radical (unpaired) electrons. The summed E-state index contributed by atoms with van der Waals surface area (Å²) in [6.45, 7) is -2.39. The van der Waals surface area contributed by atoms with Crippen molar-refractivity contribution in [1.29, 1.82) is 0 Å². The molecule has 33 heavy (non-hydrogen) atoms. The van der Waals surface area contributed by atoms with Crippen LogP contribution in [-0.2, 0) is 14.3 Å². The van der Waals surface area contributed by atoms with Gasteiger partial charge in [0.1, 0.15) is 12.6 Å². The standard InChI is InChI=1S/C22H21F3N2O6/c23-22(24,25)17(19(29)27-18(10-28)20(30)31)9-26-21(32)33-11-16-14-7-3-1-5-12(14)13-6-2-4-8-15(13)16/h1-8,16-18,28H,9-11H2,(H,26,32)(H,27,29)(H,30,31). The Labute approximate surface area is 186 Å². The van der Waals surface area contributed by atoms with Crippen LogP contribution in [0.25, 0.3) is 11.1 Å². The van der Waals surface area contributed by atoms with Crippen molar-refractivity contribution in [1.82, 2.24) is 10.6 Å². The Hall–Kier alpha value is -3.60. The van der Waals surface area contributed by atoms with E-state index in [-0.39, 0.29) is 12.5 Å². The number of hydrogen-bond donors (Lipinski definition) is 4. The number of alkyl halides is 3. The molecule has 8 nitrogen and oxygen atoms in total. The number of amides is 2. The highest BCUT2D eigenvalue weighted by atomic mass is 19.4. The normalized spacial score (nSPS) is 14.5. The maximum atomic E-state index is 13.3. The number of rotatable bonds is 8. The number of carbonyl (C=O) groups is 3. The zero-order valence-corrected chi connectivity index (χ0v) is 17.1. The largest absolute Gasteiger partial charge is 0.480 e. The smallest absolute Gasteiger partial charge is 0.407 e. The molecule has 11 heteroatoms. The van der Waals surface area contributed by atoms with Crippen LogP contribution in [0.3, 0.4) is 0 Å². The van der Waals surface area contributed by atoms with Crippen molar-refractivity contribution in [2.75, 3.05) is 19.8 Å². The van der Waals surface area contributed by atoms with E-state index < -0.39 is 49.3 Å². The van der Waals surface area contributed by atoms with Gasteiger partial charge in [0.25, 0.3) is 0 Å². The molecule has 0 heterocycles. The molecule has 2 aromatic rings.